The van der Waals surface area contributed by atoms with E-state index in [-0.39, 0.29) is 11.9 Å². The zero-order valence-corrected chi connectivity index (χ0v) is 10.7. The molecule has 1 aromatic rings. The number of nitriles is 1. The number of benzene rings is 1. The van der Waals surface area contributed by atoms with Crippen LogP contribution in [0.4, 0.5) is 5.69 Å². The van der Waals surface area contributed by atoms with Gasteiger partial charge in [0.25, 0.3) is 0 Å². The van der Waals surface area contributed by atoms with Gasteiger partial charge in [0.2, 0.25) is 5.91 Å². The molecule has 0 spiro atoms. The van der Waals surface area contributed by atoms with E-state index in [0.717, 1.165) is 0 Å². The molecule has 1 atom stereocenters. The number of carbonyl (C=O) groups excluding carboxylic acids is 1. The Balaban J connectivity index is 2.04. The Kier molecular flexibility index (Phi) is 3.63. The van der Waals surface area contributed by atoms with E-state index in [1.807, 2.05) is 20.0 Å². The van der Waals surface area contributed by atoms with Crippen molar-refractivity contribution in [3.8, 4) is 6.07 Å². The fraction of sp³-hybridized carbons (Fsp3) is 0.429. The third-order valence-electron chi connectivity index (χ3n) is 3.42. The summed E-state index contributed by atoms with van der Waals surface area (Å²) in [5, 5.41) is 11.8. The zero-order valence-electron chi connectivity index (χ0n) is 10.7. The predicted octanol–water partition coefficient (Wildman–Crippen LogP) is 1.98. The number of nitrogens with one attached hydrogen (secondary N) is 1. The fourth-order valence-corrected chi connectivity index (χ4v) is 1.91. The van der Waals surface area contributed by atoms with Gasteiger partial charge in [-0.15, -0.1) is 0 Å². The summed E-state index contributed by atoms with van der Waals surface area (Å²) in [6, 6.07) is 9.48. The molecule has 4 nitrogen and oxygen atoms in total. The van der Waals surface area contributed by atoms with Crippen LogP contribution in [0.2, 0.25) is 0 Å². The van der Waals surface area contributed by atoms with E-state index in [1.165, 1.54) is 12.8 Å². The van der Waals surface area contributed by atoms with Crippen LogP contribution in [0, 0.1) is 11.3 Å². The van der Waals surface area contributed by atoms with Gasteiger partial charge in [-0.2, -0.15) is 5.26 Å². The summed E-state index contributed by atoms with van der Waals surface area (Å²) in [6.07, 6.45) is 2.34. The molecular formula is C14H17N3O. The third kappa shape index (κ3) is 2.69. The van der Waals surface area contributed by atoms with Crippen LogP contribution in [0.5, 0.6) is 0 Å². The maximum Gasteiger partial charge on any atom is 0.241 e. The molecule has 1 aromatic carbocycles. The van der Waals surface area contributed by atoms with Crippen molar-refractivity contribution in [3.05, 3.63) is 29.8 Å². The second-order valence-corrected chi connectivity index (χ2v) is 4.72. The van der Waals surface area contributed by atoms with Crippen LogP contribution < -0.4 is 5.32 Å². The molecular weight excluding hydrogens is 226 g/mol. The number of hydrogen-bond acceptors (Lipinski definition) is 3. The van der Waals surface area contributed by atoms with Gasteiger partial charge in [-0.05, 0) is 38.9 Å². The second-order valence-electron chi connectivity index (χ2n) is 4.72. The summed E-state index contributed by atoms with van der Waals surface area (Å²) < 4.78 is 0. The molecule has 1 aliphatic carbocycles. The van der Waals surface area contributed by atoms with Crippen LogP contribution in [0.15, 0.2) is 24.3 Å². The van der Waals surface area contributed by atoms with Gasteiger partial charge in [-0.3, -0.25) is 9.69 Å². The zero-order chi connectivity index (χ0) is 13.1. The minimum absolute atomic E-state index is 0.0629. The molecule has 1 unspecified atom stereocenters. The normalized spacial score (nSPS) is 16.1. The summed E-state index contributed by atoms with van der Waals surface area (Å²) in [6.45, 7) is 1.89. The molecule has 2 rings (SSSR count). The quantitative estimate of drug-likeness (QED) is 0.879. The molecule has 1 amide bonds. The Morgan fingerprint density at radius 3 is 2.78 bits per heavy atom. The highest BCUT2D eigenvalue weighted by atomic mass is 16.2. The van der Waals surface area contributed by atoms with E-state index >= 15 is 0 Å². The van der Waals surface area contributed by atoms with Gasteiger partial charge < -0.3 is 5.32 Å². The van der Waals surface area contributed by atoms with Crippen LogP contribution >= 0.6 is 0 Å². The highest BCUT2D eigenvalue weighted by Gasteiger charge is 2.32. The SMILES string of the molecule is CC(C(=O)Nc1ccccc1C#N)N(C)C1CC1. The average molecular weight is 243 g/mol. The van der Waals surface area contributed by atoms with Gasteiger partial charge in [0, 0.05) is 6.04 Å². The number of likely N-dealkylation sites (N-methyl/N-ethyl adjacent to an activating group) is 1. The summed E-state index contributed by atoms with van der Waals surface area (Å²) in [5.74, 6) is -0.0629. The van der Waals surface area contributed by atoms with E-state index in [4.69, 9.17) is 5.26 Å². The lowest BCUT2D eigenvalue weighted by Crippen LogP contribution is -2.40. The lowest BCUT2D eigenvalue weighted by atomic mass is 10.2. The van der Waals surface area contributed by atoms with Crippen LogP contribution in [0.1, 0.15) is 25.3 Å². The lowest BCUT2D eigenvalue weighted by molar-refractivity contribution is -0.120. The highest BCUT2D eigenvalue weighted by molar-refractivity contribution is 5.95. The van der Waals surface area contributed by atoms with Crippen molar-refractivity contribution in [1.29, 1.82) is 5.26 Å². The minimum atomic E-state index is -0.177. The number of amides is 1. The maximum absolute atomic E-state index is 12.1. The Morgan fingerprint density at radius 1 is 1.50 bits per heavy atom. The van der Waals surface area contributed by atoms with Crippen molar-refractivity contribution in [2.45, 2.75) is 31.8 Å². The standard InChI is InChI=1S/C14H17N3O/c1-10(17(2)12-7-8-12)14(18)16-13-6-4-3-5-11(13)9-15/h3-6,10,12H,7-8H2,1-2H3,(H,16,18). The largest absolute Gasteiger partial charge is 0.324 e. The molecule has 0 bridgehead atoms. The topological polar surface area (TPSA) is 56.1 Å². The van der Waals surface area contributed by atoms with Crippen LogP contribution in [0.25, 0.3) is 0 Å². The predicted molar refractivity (Wildman–Crippen MR) is 70.0 cm³/mol. The van der Waals surface area contributed by atoms with Gasteiger partial charge >= 0.3 is 0 Å². The molecule has 0 radical (unpaired) electrons. The summed E-state index contributed by atoms with van der Waals surface area (Å²) in [7, 11) is 1.97. The Morgan fingerprint density at radius 2 is 2.17 bits per heavy atom. The van der Waals surface area contributed by atoms with Gasteiger partial charge in [0.1, 0.15) is 6.07 Å². The number of nitrogens with zero attached hydrogens (tertiary/aromatic N) is 2. The molecule has 94 valence electrons. The molecule has 1 N–H and O–H groups in total. The van der Waals surface area contributed by atoms with Gasteiger partial charge in [-0.1, -0.05) is 12.1 Å². The summed E-state index contributed by atoms with van der Waals surface area (Å²) in [5.41, 5.74) is 1.08. The molecule has 1 aliphatic rings. The molecule has 4 heteroatoms. The number of rotatable bonds is 4. The van der Waals surface area contributed by atoms with Gasteiger partial charge in [-0.25, -0.2) is 0 Å². The van der Waals surface area contributed by atoms with Crippen molar-refractivity contribution >= 4 is 11.6 Å². The monoisotopic (exact) mass is 243 g/mol. The number of anilines is 1. The first-order chi connectivity index (χ1) is 8.63. The molecule has 0 aliphatic heterocycles. The lowest BCUT2D eigenvalue weighted by Gasteiger charge is -2.23. The first-order valence-electron chi connectivity index (χ1n) is 6.15. The number of hydrogen-bond donors (Lipinski definition) is 1. The molecule has 0 aromatic heterocycles. The van der Waals surface area contributed by atoms with Gasteiger partial charge in [0.05, 0.1) is 17.3 Å². The van der Waals surface area contributed by atoms with Crippen molar-refractivity contribution in [2.24, 2.45) is 0 Å². The van der Waals surface area contributed by atoms with E-state index in [0.29, 0.717) is 17.3 Å². The summed E-state index contributed by atoms with van der Waals surface area (Å²) in [4.78, 5) is 14.2. The maximum atomic E-state index is 12.1. The van der Waals surface area contributed by atoms with Crippen molar-refractivity contribution in [2.75, 3.05) is 12.4 Å². The first kappa shape index (κ1) is 12.6. The third-order valence-corrected chi connectivity index (χ3v) is 3.42. The van der Waals surface area contributed by atoms with Gasteiger partial charge in [0.15, 0.2) is 0 Å². The summed E-state index contributed by atoms with van der Waals surface area (Å²) >= 11 is 0. The Labute approximate surface area is 107 Å². The minimum Gasteiger partial charge on any atom is -0.324 e. The van der Waals surface area contributed by atoms with E-state index < -0.39 is 0 Å². The molecule has 1 fully saturated rings. The fourth-order valence-electron chi connectivity index (χ4n) is 1.91. The highest BCUT2D eigenvalue weighted by Crippen LogP contribution is 2.27. The van der Waals surface area contributed by atoms with Crippen LogP contribution in [-0.2, 0) is 4.79 Å². The Bertz CT molecular complexity index is 488. The van der Waals surface area contributed by atoms with Crippen LogP contribution in [-0.4, -0.2) is 29.9 Å². The molecule has 0 heterocycles. The van der Waals surface area contributed by atoms with Crippen molar-refractivity contribution < 1.29 is 4.79 Å². The van der Waals surface area contributed by atoms with E-state index in [1.54, 1.807) is 18.2 Å². The molecule has 1 saturated carbocycles. The van der Waals surface area contributed by atoms with E-state index in [2.05, 4.69) is 16.3 Å². The van der Waals surface area contributed by atoms with E-state index in [9.17, 15) is 4.79 Å². The van der Waals surface area contributed by atoms with Crippen molar-refractivity contribution in [3.63, 3.8) is 0 Å². The first-order valence-corrected chi connectivity index (χ1v) is 6.15. The second kappa shape index (κ2) is 5.19. The van der Waals surface area contributed by atoms with Crippen LogP contribution in [0.3, 0.4) is 0 Å². The number of para-hydroxylation sites is 1. The molecule has 18 heavy (non-hydrogen) atoms. The smallest absolute Gasteiger partial charge is 0.241 e. The molecule has 0 saturated heterocycles. The Hall–Kier alpha value is -1.86. The van der Waals surface area contributed by atoms with Crippen molar-refractivity contribution in [1.82, 2.24) is 4.90 Å². The number of carbonyl (C=O) groups is 1. The average Bonchev–Trinajstić information content (AvgIpc) is 3.22.